The highest BCUT2D eigenvalue weighted by Gasteiger charge is 2.30. The molecule has 4 heterocycles. The molecule has 0 saturated carbocycles. The van der Waals surface area contributed by atoms with E-state index in [-0.39, 0.29) is 109 Å². The van der Waals surface area contributed by atoms with Gasteiger partial charge in [0.15, 0.2) is 6.29 Å². The van der Waals surface area contributed by atoms with Gasteiger partial charge in [-0.15, -0.1) is 0 Å². The standard InChI is InChI=1S/C56H67N5O19/c1-72-48(63)18-14-33-29-61(60-56(71)80-31-32-12-10-9-11-13-32)47(37(33)22-52(67)76-5)28-45-35(16-20-50(65)74-3)39(24-54(69)78-7)44(58-45)26-41-34(15-19-49(64)73-2)38(23-53(68)77-6)43(57-41)27-42-36(17-21-51(66)75-4)40(25-55(70)79-8)46(30-62)59-42/h9-13,29-30,57-59H,14-28,31H2,1-8H3,(H,60,71). The van der Waals surface area contributed by atoms with Crippen molar-refractivity contribution in [3.05, 3.63) is 126 Å². The van der Waals surface area contributed by atoms with Crippen LogP contribution in [0.4, 0.5) is 4.79 Å². The maximum atomic E-state index is 13.6. The van der Waals surface area contributed by atoms with Gasteiger partial charge in [-0.25, -0.2) is 10.2 Å². The lowest BCUT2D eigenvalue weighted by Crippen LogP contribution is -2.25. The fraction of sp³-hybridized carbons (Fsp3) is 0.429. The molecule has 0 aliphatic heterocycles. The third-order valence-electron chi connectivity index (χ3n) is 13.5. The molecule has 0 fully saturated rings. The number of nitrogens with zero attached hydrogens (tertiary/aromatic N) is 1. The summed E-state index contributed by atoms with van der Waals surface area (Å²) in [6.45, 7) is -0.0940. The van der Waals surface area contributed by atoms with Gasteiger partial charge in [-0.2, -0.15) is 0 Å². The van der Waals surface area contributed by atoms with Crippen molar-refractivity contribution in [3.63, 3.8) is 0 Å². The molecule has 0 spiro atoms. The first-order valence-corrected chi connectivity index (χ1v) is 25.3. The summed E-state index contributed by atoms with van der Waals surface area (Å²) in [4.78, 5) is 140. The maximum Gasteiger partial charge on any atom is 0.426 e. The molecule has 24 nitrogen and oxygen atoms in total. The van der Waals surface area contributed by atoms with Crippen LogP contribution in [0.25, 0.3) is 0 Å². The third kappa shape index (κ3) is 16.8. The maximum absolute atomic E-state index is 13.6. The van der Waals surface area contributed by atoms with Gasteiger partial charge in [0.05, 0.1) is 88.3 Å². The molecule has 0 radical (unpaired) electrons. The van der Waals surface area contributed by atoms with Crippen LogP contribution < -0.4 is 5.43 Å². The Balaban J connectivity index is 1.78. The van der Waals surface area contributed by atoms with Gasteiger partial charge in [-0.1, -0.05) is 30.3 Å². The highest BCUT2D eigenvalue weighted by molar-refractivity contribution is 5.83. The Morgan fingerprint density at radius 2 is 0.825 bits per heavy atom. The SMILES string of the molecule is COC(=O)CCc1cn(NC(=O)OCc2ccccc2)c(Cc2[nH]c(Cc3[nH]c(Cc4[nH]c(C=O)c(CC(=O)OC)c4CCC(=O)OC)c(CC(=O)OC)c3CCC(=O)OC)c(CC(=O)OC)c2CCC(=O)OC)c1CC(=O)OC. The van der Waals surface area contributed by atoms with Crippen LogP contribution in [0.1, 0.15) is 120 Å². The number of benzene rings is 1. The summed E-state index contributed by atoms with van der Waals surface area (Å²) in [5.74, 6) is -4.88. The Bertz CT molecular complexity index is 3050. The highest BCUT2D eigenvalue weighted by Crippen LogP contribution is 2.34. The zero-order valence-corrected chi connectivity index (χ0v) is 46.1. The third-order valence-corrected chi connectivity index (χ3v) is 13.5. The van der Waals surface area contributed by atoms with Crippen LogP contribution in [-0.4, -0.2) is 137 Å². The van der Waals surface area contributed by atoms with E-state index in [2.05, 4.69) is 20.4 Å². The molecule has 0 aliphatic carbocycles. The first-order valence-electron chi connectivity index (χ1n) is 25.3. The molecule has 5 aromatic rings. The number of hydrogen-bond donors (Lipinski definition) is 4. The van der Waals surface area contributed by atoms with Crippen LogP contribution in [0.15, 0.2) is 36.5 Å². The molecule has 0 bridgehead atoms. The first kappa shape index (κ1) is 61.9. The van der Waals surface area contributed by atoms with Crippen LogP contribution in [0.3, 0.4) is 0 Å². The summed E-state index contributed by atoms with van der Waals surface area (Å²) in [6.07, 6.45) is -0.791. The molecule has 430 valence electrons. The van der Waals surface area contributed by atoms with Crippen LogP contribution in [-0.2, 0) is 158 Å². The molecule has 4 aromatic heterocycles. The predicted molar refractivity (Wildman–Crippen MR) is 281 cm³/mol. The van der Waals surface area contributed by atoms with Gasteiger partial charge >= 0.3 is 53.8 Å². The average molecular weight is 1110 g/mol. The summed E-state index contributed by atoms with van der Waals surface area (Å²) in [7, 11) is 9.75. The molecular formula is C56H67N5O19. The minimum Gasteiger partial charge on any atom is -0.469 e. The second kappa shape index (κ2) is 30.3. The Hall–Kier alpha value is -8.96. The topological polar surface area (TPSA) is 318 Å². The number of aromatic amines is 3. The van der Waals surface area contributed by atoms with Crippen molar-refractivity contribution < 1.29 is 90.6 Å². The number of amides is 1. The van der Waals surface area contributed by atoms with E-state index >= 15 is 0 Å². The monoisotopic (exact) mass is 1110 g/mol. The second-order valence-electron chi connectivity index (χ2n) is 18.1. The first-order chi connectivity index (χ1) is 38.4. The molecule has 1 aromatic carbocycles. The number of ether oxygens (including phenoxy) is 9. The van der Waals surface area contributed by atoms with Gasteiger partial charge in [0, 0.05) is 85.3 Å². The average Bonchev–Trinajstić information content (AvgIpc) is 4.17. The van der Waals surface area contributed by atoms with E-state index < -0.39 is 53.8 Å². The summed E-state index contributed by atoms with van der Waals surface area (Å²) >= 11 is 0. The Kier molecular flexibility index (Phi) is 23.4. The van der Waals surface area contributed by atoms with Crippen molar-refractivity contribution in [2.75, 3.05) is 62.3 Å². The van der Waals surface area contributed by atoms with E-state index in [1.165, 1.54) is 61.6 Å². The molecule has 0 saturated heterocycles. The number of aromatic nitrogens is 4. The fourth-order valence-electron chi connectivity index (χ4n) is 9.37. The number of aldehydes is 1. The van der Waals surface area contributed by atoms with Gasteiger partial charge in [0.2, 0.25) is 0 Å². The van der Waals surface area contributed by atoms with Gasteiger partial charge in [-0.05, 0) is 75.8 Å². The largest absolute Gasteiger partial charge is 0.469 e. The van der Waals surface area contributed by atoms with Crippen molar-refractivity contribution in [3.8, 4) is 0 Å². The molecule has 80 heavy (non-hydrogen) atoms. The number of aryl methyl sites for hydroxylation is 1. The van der Waals surface area contributed by atoms with Crippen molar-refractivity contribution in [2.45, 2.75) is 103 Å². The van der Waals surface area contributed by atoms with E-state index in [0.717, 1.165) is 0 Å². The van der Waals surface area contributed by atoms with E-state index in [1.54, 1.807) is 30.5 Å². The van der Waals surface area contributed by atoms with Crippen molar-refractivity contribution in [2.24, 2.45) is 0 Å². The summed E-state index contributed by atoms with van der Waals surface area (Å²) in [6, 6.07) is 8.94. The summed E-state index contributed by atoms with van der Waals surface area (Å²) < 4.78 is 47.2. The molecular weight excluding hydrogens is 1050 g/mol. The number of rotatable bonds is 30. The number of methoxy groups -OCH3 is 8. The second-order valence-corrected chi connectivity index (χ2v) is 18.1. The zero-order chi connectivity index (χ0) is 58.5. The quantitative estimate of drug-likeness (QED) is 0.0284. The zero-order valence-electron chi connectivity index (χ0n) is 46.1. The number of hydrogen-bond acceptors (Lipinski definition) is 19. The normalized spacial score (nSPS) is 10.8. The number of carbonyl (C=O) groups excluding carboxylic acids is 10. The fourth-order valence-corrected chi connectivity index (χ4v) is 9.37. The Morgan fingerprint density at radius 3 is 1.26 bits per heavy atom. The molecule has 0 atom stereocenters. The molecule has 0 unspecified atom stereocenters. The molecule has 5 rings (SSSR count). The van der Waals surface area contributed by atoms with E-state index in [9.17, 15) is 47.9 Å². The molecule has 24 heteroatoms. The Labute approximate surface area is 460 Å². The minimum absolute atomic E-state index is 0.00741. The van der Waals surface area contributed by atoms with Crippen molar-refractivity contribution >= 4 is 60.1 Å². The minimum atomic E-state index is -0.875. The smallest absolute Gasteiger partial charge is 0.426 e. The van der Waals surface area contributed by atoms with Gasteiger partial charge in [0.25, 0.3) is 0 Å². The summed E-state index contributed by atoms with van der Waals surface area (Å²) in [5, 5.41) is 0. The van der Waals surface area contributed by atoms with Crippen LogP contribution in [0.2, 0.25) is 0 Å². The highest BCUT2D eigenvalue weighted by atomic mass is 16.6. The number of H-pyrrole nitrogens is 3. The lowest BCUT2D eigenvalue weighted by molar-refractivity contribution is -0.141. The van der Waals surface area contributed by atoms with Crippen LogP contribution in [0.5, 0.6) is 0 Å². The predicted octanol–water partition coefficient (Wildman–Crippen LogP) is 4.22. The number of esters is 8. The van der Waals surface area contributed by atoms with Crippen LogP contribution >= 0.6 is 0 Å². The van der Waals surface area contributed by atoms with E-state index in [4.69, 9.17) is 42.6 Å². The van der Waals surface area contributed by atoms with E-state index in [0.29, 0.717) is 90.5 Å². The van der Waals surface area contributed by atoms with Crippen molar-refractivity contribution in [1.29, 1.82) is 0 Å². The molecule has 4 N–H and O–H groups in total. The lowest BCUT2D eigenvalue weighted by atomic mass is 9.94. The molecule has 1 amide bonds. The summed E-state index contributed by atoms with van der Waals surface area (Å²) in [5.41, 5.74) is 9.23. The van der Waals surface area contributed by atoms with E-state index in [1.807, 2.05) is 6.07 Å². The van der Waals surface area contributed by atoms with Crippen molar-refractivity contribution in [1.82, 2.24) is 19.6 Å². The number of carbonyl (C=O) groups is 10. The Morgan fingerprint density at radius 1 is 0.450 bits per heavy atom. The molecule has 0 aliphatic rings. The number of nitrogens with one attached hydrogen (secondary N) is 4. The lowest BCUT2D eigenvalue weighted by Gasteiger charge is -2.14. The van der Waals surface area contributed by atoms with Gasteiger partial charge in [0.1, 0.15) is 6.61 Å². The van der Waals surface area contributed by atoms with Gasteiger partial charge < -0.3 is 57.6 Å². The van der Waals surface area contributed by atoms with Gasteiger partial charge in [-0.3, -0.25) is 47.8 Å². The van der Waals surface area contributed by atoms with Crippen LogP contribution in [0, 0.1) is 0 Å².